The van der Waals surface area contributed by atoms with Crippen molar-refractivity contribution in [3.8, 4) is 11.5 Å². The molecule has 1 aliphatic heterocycles. The number of nitrogens with zero attached hydrogens (tertiary/aromatic N) is 2. The molecule has 2 bridgehead atoms. The van der Waals surface area contributed by atoms with Gasteiger partial charge in [0.1, 0.15) is 11.5 Å². The number of amides is 2. The van der Waals surface area contributed by atoms with Crippen molar-refractivity contribution >= 4 is 18.0 Å². The number of hydrogen-bond donors (Lipinski definition) is 0. The molecule has 0 spiro atoms. The molecule has 2 amide bonds. The van der Waals surface area contributed by atoms with Gasteiger partial charge in [0, 0.05) is 23.5 Å². The molecule has 6 nitrogen and oxygen atoms in total. The van der Waals surface area contributed by atoms with E-state index in [9.17, 15) is 9.59 Å². The minimum absolute atomic E-state index is 0.139. The molecule has 3 aromatic rings. The molecule has 33 heavy (non-hydrogen) atoms. The Bertz CT molecular complexity index is 1220. The first-order chi connectivity index (χ1) is 16.1. The molecule has 3 aromatic carbocycles. The first-order valence-corrected chi connectivity index (χ1v) is 11.0. The maximum Gasteiger partial charge on any atom is 0.254 e. The number of carbonyl (C=O) groups excluding carboxylic acids is 2. The van der Waals surface area contributed by atoms with Gasteiger partial charge in [-0.1, -0.05) is 48.5 Å². The highest BCUT2D eigenvalue weighted by molar-refractivity contribution is 6.08. The first kappa shape index (κ1) is 19.7. The molecule has 3 aliphatic carbocycles. The quantitative estimate of drug-likeness (QED) is 0.457. The molecule has 6 heteroatoms. The normalized spacial score (nSPS) is 24.6. The SMILES string of the molecule is COc1ccc(C=NN2C(=O)C3C4c5ccccc5C(c5ccccc54)C3C2=O)c(OC)c1. The number of rotatable bonds is 4. The minimum atomic E-state index is -0.442. The molecule has 2 unspecified atom stereocenters. The lowest BCUT2D eigenvalue weighted by molar-refractivity contribution is -0.139. The molecule has 1 saturated heterocycles. The van der Waals surface area contributed by atoms with E-state index in [0.29, 0.717) is 17.1 Å². The third-order valence-electron chi connectivity index (χ3n) is 7.18. The van der Waals surface area contributed by atoms with E-state index in [1.807, 2.05) is 24.3 Å². The highest BCUT2D eigenvalue weighted by atomic mass is 16.5. The van der Waals surface area contributed by atoms with Crippen molar-refractivity contribution in [2.45, 2.75) is 11.8 Å². The van der Waals surface area contributed by atoms with Crippen LogP contribution in [-0.2, 0) is 9.59 Å². The van der Waals surface area contributed by atoms with Crippen molar-refractivity contribution in [3.63, 3.8) is 0 Å². The fourth-order valence-corrected chi connectivity index (χ4v) is 5.82. The second-order valence-corrected chi connectivity index (χ2v) is 8.61. The summed E-state index contributed by atoms with van der Waals surface area (Å²) >= 11 is 0. The molecule has 0 saturated carbocycles. The Morgan fingerprint density at radius 3 is 1.73 bits per heavy atom. The standard InChI is InChI=1S/C27H22N2O4/c1-32-16-12-11-15(21(13-16)33-2)14-28-29-26(30)24-22-17-7-3-4-8-18(17)23(25(24)27(29)31)20-10-6-5-9-19(20)22/h3-14,22-25H,1-2H3. The van der Waals surface area contributed by atoms with Crippen LogP contribution in [0.2, 0.25) is 0 Å². The van der Waals surface area contributed by atoms with Crippen LogP contribution in [0, 0.1) is 11.8 Å². The molecule has 0 radical (unpaired) electrons. The topological polar surface area (TPSA) is 68.2 Å². The highest BCUT2D eigenvalue weighted by Crippen LogP contribution is 2.60. The van der Waals surface area contributed by atoms with Gasteiger partial charge < -0.3 is 9.47 Å². The smallest absolute Gasteiger partial charge is 0.254 e. The zero-order valence-corrected chi connectivity index (χ0v) is 18.3. The summed E-state index contributed by atoms with van der Waals surface area (Å²) in [6.45, 7) is 0. The summed E-state index contributed by atoms with van der Waals surface area (Å²) in [5.74, 6) is -0.450. The third-order valence-corrected chi connectivity index (χ3v) is 7.18. The molecule has 1 heterocycles. The summed E-state index contributed by atoms with van der Waals surface area (Å²) in [4.78, 5) is 27.2. The van der Waals surface area contributed by atoms with Gasteiger partial charge in [-0.15, -0.1) is 0 Å². The molecule has 1 fully saturated rings. The van der Waals surface area contributed by atoms with Gasteiger partial charge in [-0.3, -0.25) is 9.59 Å². The van der Waals surface area contributed by atoms with Crippen LogP contribution < -0.4 is 9.47 Å². The lowest BCUT2D eigenvalue weighted by atomic mass is 9.55. The molecule has 4 aliphatic rings. The summed E-state index contributed by atoms with van der Waals surface area (Å²) in [5.41, 5.74) is 5.23. The van der Waals surface area contributed by atoms with Gasteiger partial charge in [-0.2, -0.15) is 10.1 Å². The van der Waals surface area contributed by atoms with E-state index in [4.69, 9.17) is 9.47 Å². The average Bonchev–Trinajstić information content (AvgIpc) is 3.12. The van der Waals surface area contributed by atoms with E-state index >= 15 is 0 Å². The molecular formula is C27H22N2O4. The van der Waals surface area contributed by atoms with E-state index in [1.54, 1.807) is 32.4 Å². The average molecular weight is 438 g/mol. The molecule has 0 N–H and O–H groups in total. The minimum Gasteiger partial charge on any atom is -0.497 e. The van der Waals surface area contributed by atoms with Gasteiger partial charge in [-0.25, -0.2) is 0 Å². The van der Waals surface area contributed by atoms with Crippen LogP contribution in [-0.4, -0.2) is 37.3 Å². The number of imide groups is 1. The third kappa shape index (κ3) is 2.70. The second-order valence-electron chi connectivity index (χ2n) is 8.61. The van der Waals surface area contributed by atoms with Crippen molar-refractivity contribution in [1.29, 1.82) is 0 Å². The largest absolute Gasteiger partial charge is 0.497 e. The van der Waals surface area contributed by atoms with Crippen molar-refractivity contribution < 1.29 is 19.1 Å². The number of hydrogen-bond acceptors (Lipinski definition) is 5. The predicted octanol–water partition coefficient (Wildman–Crippen LogP) is 3.93. The van der Waals surface area contributed by atoms with Crippen LogP contribution in [0.5, 0.6) is 11.5 Å². The first-order valence-electron chi connectivity index (χ1n) is 11.0. The Kier molecular flexibility index (Phi) is 4.37. The van der Waals surface area contributed by atoms with Crippen LogP contribution in [0.25, 0.3) is 0 Å². The summed E-state index contributed by atoms with van der Waals surface area (Å²) in [7, 11) is 3.13. The monoisotopic (exact) mass is 438 g/mol. The molecule has 0 aromatic heterocycles. The maximum atomic E-state index is 13.6. The Morgan fingerprint density at radius 1 is 0.758 bits per heavy atom. The van der Waals surface area contributed by atoms with Gasteiger partial charge in [0.2, 0.25) is 0 Å². The summed E-state index contributed by atoms with van der Waals surface area (Å²) in [6.07, 6.45) is 1.51. The summed E-state index contributed by atoms with van der Waals surface area (Å²) in [6, 6.07) is 21.7. The molecule has 164 valence electrons. The Labute approximate surface area is 191 Å². The van der Waals surface area contributed by atoms with Crippen LogP contribution in [0.1, 0.15) is 39.7 Å². The predicted molar refractivity (Wildman–Crippen MR) is 123 cm³/mol. The number of methoxy groups -OCH3 is 2. The second kappa shape index (κ2) is 7.30. The van der Waals surface area contributed by atoms with Gasteiger partial charge in [0.25, 0.3) is 11.8 Å². The summed E-state index contributed by atoms with van der Waals surface area (Å²) in [5, 5.41) is 5.42. The van der Waals surface area contributed by atoms with Crippen LogP contribution in [0.4, 0.5) is 0 Å². The fraction of sp³-hybridized carbons (Fsp3) is 0.222. The van der Waals surface area contributed by atoms with Crippen molar-refractivity contribution in [2.75, 3.05) is 14.2 Å². The number of carbonyl (C=O) groups is 2. The molecule has 2 atom stereocenters. The number of ether oxygens (including phenoxy) is 2. The Hall–Kier alpha value is -3.93. The van der Waals surface area contributed by atoms with E-state index < -0.39 is 11.8 Å². The van der Waals surface area contributed by atoms with Gasteiger partial charge >= 0.3 is 0 Å². The zero-order valence-electron chi connectivity index (χ0n) is 18.3. The van der Waals surface area contributed by atoms with E-state index in [-0.39, 0.29) is 23.7 Å². The van der Waals surface area contributed by atoms with E-state index in [0.717, 1.165) is 27.3 Å². The van der Waals surface area contributed by atoms with Crippen LogP contribution in [0.3, 0.4) is 0 Å². The van der Waals surface area contributed by atoms with Gasteiger partial charge in [0.15, 0.2) is 0 Å². The zero-order chi connectivity index (χ0) is 22.7. The van der Waals surface area contributed by atoms with Crippen molar-refractivity contribution in [1.82, 2.24) is 5.01 Å². The van der Waals surface area contributed by atoms with Crippen LogP contribution >= 0.6 is 0 Å². The lowest BCUT2D eigenvalue weighted by Gasteiger charge is -2.45. The Balaban J connectivity index is 1.41. The molecular weight excluding hydrogens is 416 g/mol. The lowest BCUT2D eigenvalue weighted by Crippen LogP contribution is -2.41. The number of benzene rings is 3. The Morgan fingerprint density at radius 2 is 1.27 bits per heavy atom. The van der Waals surface area contributed by atoms with Gasteiger partial charge in [0.05, 0.1) is 32.3 Å². The molecule has 7 rings (SSSR count). The highest BCUT2D eigenvalue weighted by Gasteiger charge is 2.61. The van der Waals surface area contributed by atoms with E-state index in [1.165, 1.54) is 6.21 Å². The maximum absolute atomic E-state index is 13.6. The van der Waals surface area contributed by atoms with E-state index in [2.05, 4.69) is 29.4 Å². The van der Waals surface area contributed by atoms with Crippen molar-refractivity contribution in [3.05, 3.63) is 94.5 Å². The summed E-state index contributed by atoms with van der Waals surface area (Å²) < 4.78 is 10.7. The van der Waals surface area contributed by atoms with Gasteiger partial charge in [-0.05, 0) is 34.4 Å². The number of hydrazone groups is 1. The van der Waals surface area contributed by atoms with Crippen molar-refractivity contribution in [2.24, 2.45) is 16.9 Å². The fourth-order valence-electron chi connectivity index (χ4n) is 5.82. The van der Waals surface area contributed by atoms with Crippen LogP contribution in [0.15, 0.2) is 71.8 Å².